The molecule has 2 heteroatoms. The lowest BCUT2D eigenvalue weighted by Crippen LogP contribution is -1.89. The van der Waals surface area contributed by atoms with Crippen LogP contribution in [0.25, 0.3) is 0 Å². The predicted molar refractivity (Wildman–Crippen MR) is 75.9 cm³/mol. The molecule has 0 unspecified atom stereocenters. The summed E-state index contributed by atoms with van der Waals surface area (Å²) in [5.41, 5.74) is 1.93. The summed E-state index contributed by atoms with van der Waals surface area (Å²) in [4.78, 5) is 14.1. The van der Waals surface area contributed by atoms with E-state index in [1.807, 2.05) is 24.3 Å². The predicted octanol–water partition coefficient (Wildman–Crippen LogP) is 4.80. The summed E-state index contributed by atoms with van der Waals surface area (Å²) in [5, 5.41) is 0. The summed E-state index contributed by atoms with van der Waals surface area (Å²) in [5.74, 6) is 0.813. The van der Waals surface area contributed by atoms with Gasteiger partial charge in [0, 0.05) is 0 Å². The molecule has 0 amide bonds. The topological polar surface area (TPSA) is 29.4 Å². The molecule has 2 nitrogen and oxygen atoms in total. The standard InChI is InChI=1S/C16H23NO/c1-14(2)9-5-3-4-6-10-15-11-7-8-12-16(15)17-13-18/h7-8,11-12,14H,3-6,9-10H2,1-2H3. The Bertz CT molecular complexity index is 392. The molecule has 0 saturated heterocycles. The molecule has 0 aliphatic heterocycles. The smallest absolute Gasteiger partial charge is 0.211 e. The minimum Gasteiger partial charge on any atom is -0.211 e. The Balaban J connectivity index is 2.29. The summed E-state index contributed by atoms with van der Waals surface area (Å²) in [6.45, 7) is 4.54. The quantitative estimate of drug-likeness (QED) is 0.367. The molecule has 0 atom stereocenters. The molecule has 0 aliphatic rings. The SMILES string of the molecule is CC(C)CCCCCCc1ccccc1N=C=O. The third kappa shape index (κ3) is 5.79. The van der Waals surface area contributed by atoms with Gasteiger partial charge in [0.15, 0.2) is 0 Å². The minimum absolute atomic E-state index is 0.773. The van der Waals surface area contributed by atoms with Crippen LogP contribution in [0.3, 0.4) is 0 Å². The molecule has 1 aromatic carbocycles. The van der Waals surface area contributed by atoms with Crippen molar-refractivity contribution in [1.29, 1.82) is 0 Å². The van der Waals surface area contributed by atoms with Gasteiger partial charge in [0.05, 0.1) is 5.69 Å². The molecule has 18 heavy (non-hydrogen) atoms. The molecule has 98 valence electrons. The van der Waals surface area contributed by atoms with Gasteiger partial charge in [-0.1, -0.05) is 57.7 Å². The number of benzene rings is 1. The van der Waals surface area contributed by atoms with Crippen molar-refractivity contribution in [3.05, 3.63) is 29.8 Å². The molecule has 0 N–H and O–H groups in total. The highest BCUT2D eigenvalue weighted by atomic mass is 16.1. The lowest BCUT2D eigenvalue weighted by Gasteiger charge is -2.05. The lowest BCUT2D eigenvalue weighted by molar-refractivity contribution is 0.520. The molecule has 0 fully saturated rings. The van der Waals surface area contributed by atoms with Crippen molar-refractivity contribution in [3.8, 4) is 0 Å². The third-order valence-corrected chi connectivity index (χ3v) is 3.14. The van der Waals surface area contributed by atoms with Gasteiger partial charge in [0.2, 0.25) is 6.08 Å². The van der Waals surface area contributed by atoms with Crippen LogP contribution in [0.2, 0.25) is 0 Å². The number of aliphatic imine (C=N–C) groups is 1. The fraction of sp³-hybridized carbons (Fsp3) is 0.562. The summed E-state index contributed by atoms with van der Waals surface area (Å²) < 4.78 is 0. The van der Waals surface area contributed by atoms with Gasteiger partial charge in [-0.2, -0.15) is 4.99 Å². The number of nitrogens with zero attached hydrogens (tertiary/aromatic N) is 1. The molecule has 1 aromatic rings. The number of aryl methyl sites for hydroxylation is 1. The molecule has 0 heterocycles. The first-order valence-electron chi connectivity index (χ1n) is 6.90. The van der Waals surface area contributed by atoms with E-state index in [2.05, 4.69) is 18.8 Å². The maximum atomic E-state index is 10.3. The summed E-state index contributed by atoms with van der Waals surface area (Å²) in [6.07, 6.45) is 9.00. The summed E-state index contributed by atoms with van der Waals surface area (Å²) >= 11 is 0. The van der Waals surface area contributed by atoms with Crippen molar-refractivity contribution in [1.82, 2.24) is 0 Å². The summed E-state index contributed by atoms with van der Waals surface area (Å²) in [6, 6.07) is 7.82. The van der Waals surface area contributed by atoms with Crippen molar-refractivity contribution in [2.45, 2.75) is 52.4 Å². The number of hydrogen-bond donors (Lipinski definition) is 0. The highest BCUT2D eigenvalue weighted by Crippen LogP contribution is 2.20. The second-order valence-electron chi connectivity index (χ2n) is 5.18. The molecular weight excluding hydrogens is 222 g/mol. The number of para-hydroxylation sites is 1. The normalized spacial score (nSPS) is 10.4. The highest BCUT2D eigenvalue weighted by Gasteiger charge is 2.00. The first-order chi connectivity index (χ1) is 8.74. The van der Waals surface area contributed by atoms with E-state index < -0.39 is 0 Å². The van der Waals surface area contributed by atoms with Gasteiger partial charge in [0.1, 0.15) is 0 Å². The Kier molecular flexibility index (Phi) is 7.05. The van der Waals surface area contributed by atoms with Gasteiger partial charge < -0.3 is 0 Å². The van der Waals surface area contributed by atoms with E-state index in [0.717, 1.165) is 23.6 Å². The van der Waals surface area contributed by atoms with Crippen molar-refractivity contribution in [2.75, 3.05) is 0 Å². The van der Waals surface area contributed by atoms with Crippen LogP contribution in [-0.2, 0) is 11.2 Å². The largest absolute Gasteiger partial charge is 0.240 e. The zero-order valence-corrected chi connectivity index (χ0v) is 11.5. The van der Waals surface area contributed by atoms with Crippen LogP contribution in [0.1, 0.15) is 51.5 Å². The van der Waals surface area contributed by atoms with E-state index in [9.17, 15) is 4.79 Å². The second-order valence-corrected chi connectivity index (χ2v) is 5.18. The van der Waals surface area contributed by atoms with E-state index in [4.69, 9.17) is 0 Å². The van der Waals surface area contributed by atoms with Crippen LogP contribution >= 0.6 is 0 Å². The van der Waals surface area contributed by atoms with Crippen LogP contribution in [0.4, 0.5) is 5.69 Å². The average molecular weight is 245 g/mol. The van der Waals surface area contributed by atoms with E-state index in [1.54, 1.807) is 6.08 Å². The Morgan fingerprint density at radius 3 is 2.56 bits per heavy atom. The van der Waals surface area contributed by atoms with Crippen LogP contribution in [-0.4, -0.2) is 6.08 Å². The van der Waals surface area contributed by atoms with Crippen LogP contribution < -0.4 is 0 Å². The van der Waals surface area contributed by atoms with Crippen molar-refractivity contribution in [2.24, 2.45) is 10.9 Å². The lowest BCUT2D eigenvalue weighted by atomic mass is 10.0. The Hall–Kier alpha value is -1.40. The zero-order valence-electron chi connectivity index (χ0n) is 11.5. The van der Waals surface area contributed by atoms with E-state index in [0.29, 0.717) is 0 Å². The monoisotopic (exact) mass is 245 g/mol. The van der Waals surface area contributed by atoms with Crippen LogP contribution in [0.5, 0.6) is 0 Å². The Morgan fingerprint density at radius 2 is 1.83 bits per heavy atom. The number of unbranched alkanes of at least 4 members (excludes halogenated alkanes) is 3. The number of carbonyl (C=O) groups excluding carboxylic acids is 1. The average Bonchev–Trinajstić information content (AvgIpc) is 2.35. The maximum absolute atomic E-state index is 10.3. The minimum atomic E-state index is 0.773. The number of hydrogen-bond acceptors (Lipinski definition) is 2. The van der Waals surface area contributed by atoms with Crippen LogP contribution in [0.15, 0.2) is 29.3 Å². The van der Waals surface area contributed by atoms with Gasteiger partial charge >= 0.3 is 0 Å². The van der Waals surface area contributed by atoms with Crippen molar-refractivity contribution in [3.63, 3.8) is 0 Å². The Morgan fingerprint density at radius 1 is 1.11 bits per heavy atom. The van der Waals surface area contributed by atoms with Crippen molar-refractivity contribution >= 4 is 11.8 Å². The van der Waals surface area contributed by atoms with E-state index in [1.165, 1.54) is 32.1 Å². The molecule has 1 rings (SSSR count). The van der Waals surface area contributed by atoms with Gasteiger partial charge in [-0.15, -0.1) is 0 Å². The van der Waals surface area contributed by atoms with E-state index >= 15 is 0 Å². The van der Waals surface area contributed by atoms with Gasteiger partial charge in [-0.3, -0.25) is 0 Å². The third-order valence-electron chi connectivity index (χ3n) is 3.14. The Labute approximate surface area is 110 Å². The maximum Gasteiger partial charge on any atom is 0.240 e. The molecule has 0 aromatic heterocycles. The number of isocyanates is 1. The van der Waals surface area contributed by atoms with Crippen molar-refractivity contribution < 1.29 is 4.79 Å². The molecule has 0 spiro atoms. The zero-order chi connectivity index (χ0) is 13.2. The number of rotatable bonds is 8. The van der Waals surface area contributed by atoms with E-state index in [-0.39, 0.29) is 0 Å². The fourth-order valence-electron chi connectivity index (χ4n) is 2.10. The molecule has 0 saturated carbocycles. The highest BCUT2D eigenvalue weighted by molar-refractivity contribution is 5.53. The molecular formula is C16H23NO. The molecule has 0 radical (unpaired) electrons. The summed E-state index contributed by atoms with van der Waals surface area (Å²) in [7, 11) is 0. The van der Waals surface area contributed by atoms with Crippen LogP contribution in [0, 0.1) is 5.92 Å². The first-order valence-corrected chi connectivity index (χ1v) is 6.90. The van der Waals surface area contributed by atoms with Gasteiger partial charge in [0.25, 0.3) is 0 Å². The van der Waals surface area contributed by atoms with Gasteiger partial charge in [-0.05, 0) is 30.4 Å². The molecule has 0 bridgehead atoms. The first kappa shape index (κ1) is 14.7. The molecule has 0 aliphatic carbocycles. The van der Waals surface area contributed by atoms with Gasteiger partial charge in [-0.25, -0.2) is 4.79 Å². The second kappa shape index (κ2) is 8.66. The fourth-order valence-corrected chi connectivity index (χ4v) is 2.10.